The van der Waals surface area contributed by atoms with Crippen molar-refractivity contribution in [3.8, 4) is 11.3 Å². The summed E-state index contributed by atoms with van der Waals surface area (Å²) in [4.78, 5) is 18.4. The number of pyridine rings is 1. The molecule has 7 nitrogen and oxygen atoms in total. The lowest BCUT2D eigenvalue weighted by molar-refractivity contribution is 0.217. The van der Waals surface area contributed by atoms with Gasteiger partial charge in [-0.1, -0.05) is 19.9 Å². The molecule has 0 amide bonds. The normalized spacial score (nSPS) is 15.9. The van der Waals surface area contributed by atoms with Gasteiger partial charge in [-0.15, -0.1) is 0 Å². The summed E-state index contributed by atoms with van der Waals surface area (Å²) >= 11 is 0. The Morgan fingerprint density at radius 1 is 1.24 bits per heavy atom. The van der Waals surface area contributed by atoms with E-state index in [0.717, 1.165) is 54.9 Å². The van der Waals surface area contributed by atoms with Crippen molar-refractivity contribution in [2.75, 3.05) is 40.4 Å². The molecule has 2 aromatic heterocycles. The first-order chi connectivity index (χ1) is 18.3. The standard InChI is InChI=1S/C30H38FN5O2/c1-19(2)29-24-16-22(7-8-26(24)35-30(29)23-15-20(3)34-18-25(23)31)21-9-12-36(13-10-21)14-11-33-28(38-6)17-27(32-4)37-5/h7-8,15-19,21,35H,4,9-14H2,1-3,5-6H3/b27-17+,33-28+. The summed E-state index contributed by atoms with van der Waals surface area (Å²) in [5.41, 5.74) is 5.80. The van der Waals surface area contributed by atoms with Crippen molar-refractivity contribution in [3.63, 3.8) is 0 Å². The molecule has 3 heterocycles. The highest BCUT2D eigenvalue weighted by Crippen LogP contribution is 2.39. The van der Waals surface area contributed by atoms with Gasteiger partial charge >= 0.3 is 0 Å². The first-order valence-electron chi connectivity index (χ1n) is 13.2. The number of piperidine rings is 1. The summed E-state index contributed by atoms with van der Waals surface area (Å²) in [6, 6.07) is 8.52. The Morgan fingerprint density at radius 3 is 2.66 bits per heavy atom. The quantitative estimate of drug-likeness (QED) is 0.207. The van der Waals surface area contributed by atoms with E-state index in [9.17, 15) is 4.39 Å². The van der Waals surface area contributed by atoms with Crippen molar-refractivity contribution in [1.29, 1.82) is 0 Å². The highest BCUT2D eigenvalue weighted by Gasteiger charge is 2.23. The van der Waals surface area contributed by atoms with Crippen molar-refractivity contribution in [2.45, 2.75) is 45.4 Å². The third-order valence-electron chi connectivity index (χ3n) is 7.27. The Bertz CT molecular complexity index is 1340. The largest absolute Gasteiger partial charge is 0.481 e. The zero-order valence-corrected chi connectivity index (χ0v) is 23.1. The lowest BCUT2D eigenvalue weighted by Gasteiger charge is -2.31. The molecule has 3 aromatic rings. The molecule has 0 radical (unpaired) electrons. The molecule has 1 aromatic carbocycles. The number of aromatic amines is 1. The number of likely N-dealkylation sites (tertiary alicyclic amines) is 1. The van der Waals surface area contributed by atoms with Crippen molar-refractivity contribution in [3.05, 3.63) is 65.1 Å². The zero-order valence-electron chi connectivity index (χ0n) is 23.1. The molecule has 1 fully saturated rings. The second-order valence-corrected chi connectivity index (χ2v) is 10.1. The number of nitrogens with zero attached hydrogens (tertiary/aromatic N) is 4. The first kappa shape index (κ1) is 27.5. The van der Waals surface area contributed by atoms with Crippen LogP contribution in [0.2, 0.25) is 0 Å². The number of aromatic nitrogens is 2. The molecule has 0 bridgehead atoms. The molecular weight excluding hydrogens is 481 g/mol. The highest BCUT2D eigenvalue weighted by molar-refractivity contribution is 5.92. The van der Waals surface area contributed by atoms with Crippen LogP contribution in [0.1, 0.15) is 55.3 Å². The van der Waals surface area contributed by atoms with E-state index < -0.39 is 0 Å². The number of hydrogen-bond donors (Lipinski definition) is 1. The van der Waals surface area contributed by atoms with Crippen LogP contribution in [-0.2, 0) is 9.47 Å². The van der Waals surface area contributed by atoms with Crippen LogP contribution in [0.15, 0.2) is 52.4 Å². The van der Waals surface area contributed by atoms with E-state index in [-0.39, 0.29) is 11.7 Å². The Kier molecular flexibility index (Phi) is 8.94. The SMILES string of the molecule is C=N/C(=C\C(=N/CCN1CCC(c2ccc3[nH]c(-c4cc(C)ncc4F)c(C(C)C)c3c2)CC1)OC)OC. The molecular formula is C30H38FN5O2. The molecule has 1 aliphatic rings. The van der Waals surface area contributed by atoms with Gasteiger partial charge in [-0.2, -0.15) is 0 Å². The van der Waals surface area contributed by atoms with Crippen LogP contribution in [0.4, 0.5) is 4.39 Å². The average molecular weight is 520 g/mol. The van der Waals surface area contributed by atoms with Crippen LogP contribution in [0.25, 0.3) is 22.2 Å². The Hall–Kier alpha value is -3.52. The minimum atomic E-state index is -0.300. The van der Waals surface area contributed by atoms with Crippen LogP contribution < -0.4 is 0 Å². The fourth-order valence-corrected chi connectivity index (χ4v) is 5.27. The molecule has 1 aliphatic heterocycles. The van der Waals surface area contributed by atoms with E-state index in [1.807, 2.05) is 13.0 Å². The molecule has 8 heteroatoms. The number of ether oxygens (including phenoxy) is 2. The van der Waals surface area contributed by atoms with Gasteiger partial charge in [0, 0.05) is 28.7 Å². The van der Waals surface area contributed by atoms with Gasteiger partial charge in [0.05, 0.1) is 38.7 Å². The van der Waals surface area contributed by atoms with Crippen LogP contribution in [-0.4, -0.2) is 67.9 Å². The van der Waals surface area contributed by atoms with Crippen molar-refractivity contribution >= 4 is 23.5 Å². The Labute approximate surface area is 224 Å². The molecule has 4 rings (SSSR count). The predicted octanol–water partition coefficient (Wildman–Crippen LogP) is 6.21. The third kappa shape index (κ3) is 6.13. The second kappa shape index (κ2) is 12.3. The number of halogens is 1. The van der Waals surface area contributed by atoms with Crippen LogP contribution >= 0.6 is 0 Å². The van der Waals surface area contributed by atoms with E-state index in [4.69, 9.17) is 9.47 Å². The predicted molar refractivity (Wildman–Crippen MR) is 153 cm³/mol. The number of methoxy groups -OCH3 is 2. The zero-order chi connectivity index (χ0) is 27.2. The third-order valence-corrected chi connectivity index (χ3v) is 7.27. The van der Waals surface area contributed by atoms with Crippen LogP contribution in [0.3, 0.4) is 0 Å². The molecule has 0 atom stereocenters. The number of aliphatic imine (C=N–C) groups is 2. The summed E-state index contributed by atoms with van der Waals surface area (Å²) in [6.07, 6.45) is 5.13. The maximum Gasteiger partial charge on any atom is 0.217 e. The lowest BCUT2D eigenvalue weighted by atomic mass is 9.87. The van der Waals surface area contributed by atoms with E-state index in [1.54, 1.807) is 13.2 Å². The second-order valence-electron chi connectivity index (χ2n) is 10.1. The Morgan fingerprint density at radius 2 is 2.00 bits per heavy atom. The number of nitrogens with one attached hydrogen (secondary N) is 1. The van der Waals surface area contributed by atoms with Gasteiger partial charge in [-0.3, -0.25) is 9.98 Å². The smallest absolute Gasteiger partial charge is 0.217 e. The van der Waals surface area contributed by atoms with Gasteiger partial charge in [-0.05, 0) is 80.7 Å². The van der Waals surface area contributed by atoms with Gasteiger partial charge in [0.2, 0.25) is 11.8 Å². The van der Waals surface area contributed by atoms with Gasteiger partial charge < -0.3 is 19.4 Å². The number of rotatable bonds is 9. The van der Waals surface area contributed by atoms with Gasteiger partial charge in [0.1, 0.15) is 0 Å². The molecule has 202 valence electrons. The summed E-state index contributed by atoms with van der Waals surface area (Å²) in [6.45, 7) is 13.2. The minimum Gasteiger partial charge on any atom is -0.481 e. The van der Waals surface area contributed by atoms with E-state index in [0.29, 0.717) is 29.8 Å². The fourth-order valence-electron chi connectivity index (χ4n) is 5.27. The number of H-pyrrole nitrogens is 1. The molecule has 0 unspecified atom stereocenters. The van der Waals surface area contributed by atoms with Crippen molar-refractivity contribution in [2.24, 2.45) is 9.98 Å². The average Bonchev–Trinajstić information content (AvgIpc) is 3.31. The van der Waals surface area contributed by atoms with E-state index in [1.165, 1.54) is 24.3 Å². The lowest BCUT2D eigenvalue weighted by Crippen LogP contribution is -2.34. The summed E-state index contributed by atoms with van der Waals surface area (Å²) in [7, 11) is 3.12. The van der Waals surface area contributed by atoms with Gasteiger partial charge in [0.15, 0.2) is 5.82 Å². The van der Waals surface area contributed by atoms with E-state index in [2.05, 4.69) is 63.6 Å². The van der Waals surface area contributed by atoms with Gasteiger partial charge in [0.25, 0.3) is 0 Å². The maximum absolute atomic E-state index is 14.8. The molecule has 1 N–H and O–H groups in total. The molecule has 1 saturated heterocycles. The van der Waals surface area contributed by atoms with E-state index >= 15 is 0 Å². The molecule has 0 spiro atoms. The molecule has 0 aliphatic carbocycles. The summed E-state index contributed by atoms with van der Waals surface area (Å²) in [5, 5.41) is 1.18. The first-order valence-corrected chi connectivity index (χ1v) is 13.2. The number of benzene rings is 1. The summed E-state index contributed by atoms with van der Waals surface area (Å²) in [5.74, 6) is 1.30. The van der Waals surface area contributed by atoms with Crippen LogP contribution in [0, 0.1) is 12.7 Å². The number of hydrogen-bond acceptors (Lipinski definition) is 6. The summed E-state index contributed by atoms with van der Waals surface area (Å²) < 4.78 is 25.2. The number of fused-ring (bicyclic) bond motifs is 1. The number of aryl methyl sites for hydroxylation is 1. The molecule has 38 heavy (non-hydrogen) atoms. The topological polar surface area (TPSA) is 75.1 Å². The van der Waals surface area contributed by atoms with Gasteiger partial charge in [-0.25, -0.2) is 9.38 Å². The monoisotopic (exact) mass is 519 g/mol. The fraction of sp³-hybridized carbons (Fsp3) is 0.433. The molecule has 0 saturated carbocycles. The maximum atomic E-state index is 14.8. The minimum absolute atomic E-state index is 0.248. The van der Waals surface area contributed by atoms with Crippen molar-refractivity contribution < 1.29 is 13.9 Å². The highest BCUT2D eigenvalue weighted by atomic mass is 19.1. The van der Waals surface area contributed by atoms with Crippen molar-refractivity contribution in [1.82, 2.24) is 14.9 Å². The van der Waals surface area contributed by atoms with Crippen LogP contribution in [0.5, 0.6) is 0 Å². The Balaban J connectivity index is 1.47.